The SMILES string of the molecule is CC#CC1(O)CCC2C3CC=C4CC(=O)CCC4=C3C(c3ccc(NC4CCCCC4)cc3)CC21C. The number of benzene rings is 1. The largest absolute Gasteiger partial charge is 0.382 e. The molecule has 2 N–H and O–H groups in total. The van der Waals surface area contributed by atoms with Gasteiger partial charge in [0.15, 0.2) is 0 Å². The van der Waals surface area contributed by atoms with E-state index in [1.807, 2.05) is 6.92 Å². The molecule has 5 aliphatic carbocycles. The lowest BCUT2D eigenvalue weighted by atomic mass is 9.51. The molecule has 190 valence electrons. The van der Waals surface area contributed by atoms with Gasteiger partial charge < -0.3 is 10.4 Å². The van der Waals surface area contributed by atoms with Gasteiger partial charge in [-0.2, -0.15) is 0 Å². The zero-order valence-corrected chi connectivity index (χ0v) is 22.0. The Labute approximate surface area is 216 Å². The summed E-state index contributed by atoms with van der Waals surface area (Å²) in [5.41, 5.74) is 5.78. The Hall–Kier alpha value is -2.31. The molecular formula is C33H41NO2. The predicted molar refractivity (Wildman–Crippen MR) is 146 cm³/mol. The second-order valence-electron chi connectivity index (χ2n) is 12.4. The highest BCUT2D eigenvalue weighted by Crippen LogP contribution is 2.66. The van der Waals surface area contributed by atoms with Crippen LogP contribution in [0.3, 0.4) is 0 Å². The highest BCUT2D eigenvalue weighted by Gasteiger charge is 2.62. The molecule has 0 bridgehead atoms. The average Bonchev–Trinajstić information content (AvgIpc) is 3.14. The number of carbonyl (C=O) groups is 1. The number of ketones is 1. The van der Waals surface area contributed by atoms with E-state index in [-0.39, 0.29) is 11.3 Å². The molecule has 1 aromatic rings. The first-order valence-electron chi connectivity index (χ1n) is 14.4. The highest BCUT2D eigenvalue weighted by atomic mass is 16.3. The molecule has 0 aromatic heterocycles. The summed E-state index contributed by atoms with van der Waals surface area (Å²) in [5, 5.41) is 15.6. The number of anilines is 1. The Morgan fingerprint density at radius 2 is 1.83 bits per heavy atom. The van der Waals surface area contributed by atoms with Crippen LogP contribution in [0, 0.1) is 29.1 Å². The zero-order valence-electron chi connectivity index (χ0n) is 22.0. The molecule has 4 fully saturated rings. The molecule has 3 heteroatoms. The molecule has 0 spiro atoms. The minimum Gasteiger partial charge on any atom is -0.382 e. The Kier molecular flexibility index (Phi) is 6.16. The van der Waals surface area contributed by atoms with E-state index in [2.05, 4.69) is 54.4 Å². The van der Waals surface area contributed by atoms with Crippen molar-refractivity contribution in [2.45, 2.75) is 108 Å². The van der Waals surface area contributed by atoms with E-state index in [4.69, 9.17) is 0 Å². The molecule has 5 unspecified atom stereocenters. The molecule has 6 rings (SSSR count). The molecular weight excluding hydrogens is 442 g/mol. The van der Waals surface area contributed by atoms with E-state index in [9.17, 15) is 9.90 Å². The zero-order chi connectivity index (χ0) is 24.9. The summed E-state index contributed by atoms with van der Waals surface area (Å²) in [6, 6.07) is 9.80. The summed E-state index contributed by atoms with van der Waals surface area (Å²) in [6.45, 7) is 4.17. The molecule has 0 heterocycles. The van der Waals surface area contributed by atoms with E-state index in [0.717, 1.165) is 32.1 Å². The second kappa shape index (κ2) is 9.21. The third kappa shape index (κ3) is 3.88. The molecule has 0 aliphatic heterocycles. The third-order valence-electron chi connectivity index (χ3n) is 10.5. The number of rotatable bonds is 3. The molecule has 4 saturated carbocycles. The molecule has 5 atom stereocenters. The van der Waals surface area contributed by atoms with Gasteiger partial charge in [0.05, 0.1) is 0 Å². The van der Waals surface area contributed by atoms with Crippen molar-refractivity contribution in [1.82, 2.24) is 0 Å². The minimum atomic E-state index is -0.921. The van der Waals surface area contributed by atoms with Crippen molar-refractivity contribution in [2.75, 3.05) is 5.32 Å². The number of carbonyl (C=O) groups excluding carboxylic acids is 1. The lowest BCUT2D eigenvalue weighted by molar-refractivity contribution is -0.118. The lowest BCUT2D eigenvalue weighted by Crippen LogP contribution is -2.50. The fourth-order valence-corrected chi connectivity index (χ4v) is 8.61. The van der Waals surface area contributed by atoms with Crippen LogP contribution in [0.25, 0.3) is 0 Å². The van der Waals surface area contributed by atoms with Gasteiger partial charge in [-0.25, -0.2) is 0 Å². The van der Waals surface area contributed by atoms with Crippen LogP contribution in [0.15, 0.2) is 47.1 Å². The molecule has 3 nitrogen and oxygen atoms in total. The fourth-order valence-electron chi connectivity index (χ4n) is 8.61. The Bertz CT molecular complexity index is 1160. The minimum absolute atomic E-state index is 0.232. The number of fused-ring (bicyclic) bond motifs is 4. The summed E-state index contributed by atoms with van der Waals surface area (Å²) in [7, 11) is 0. The number of allylic oxidation sites excluding steroid dienone is 4. The van der Waals surface area contributed by atoms with Gasteiger partial charge in [-0.05, 0) is 92.5 Å². The summed E-state index contributed by atoms with van der Waals surface area (Å²) in [5.74, 6) is 7.85. The Balaban J connectivity index is 1.38. The van der Waals surface area contributed by atoms with Crippen LogP contribution in [0.2, 0.25) is 0 Å². The quantitative estimate of drug-likeness (QED) is 0.451. The van der Waals surface area contributed by atoms with Gasteiger partial charge in [0.1, 0.15) is 11.4 Å². The van der Waals surface area contributed by atoms with Crippen molar-refractivity contribution in [3.63, 3.8) is 0 Å². The standard InChI is InChI=1S/C33H41NO2/c1-3-18-33(36)19-17-30-28-15-11-23-20-26(35)14-16-27(23)31(28)29(21-32(30,33)2)22-9-12-25(13-10-22)34-24-7-5-4-6-8-24/h9-13,24,28-30,34,36H,4-8,14-17,19-21H2,1-2H3. The van der Waals surface area contributed by atoms with Crippen LogP contribution in [-0.2, 0) is 4.79 Å². The monoisotopic (exact) mass is 483 g/mol. The van der Waals surface area contributed by atoms with E-state index in [1.165, 1.54) is 54.5 Å². The van der Waals surface area contributed by atoms with Gasteiger partial charge in [-0.3, -0.25) is 4.79 Å². The normalized spacial score (nSPS) is 36.2. The van der Waals surface area contributed by atoms with E-state index in [0.29, 0.717) is 36.5 Å². The van der Waals surface area contributed by atoms with Crippen molar-refractivity contribution in [3.8, 4) is 11.8 Å². The topological polar surface area (TPSA) is 49.3 Å². The van der Waals surface area contributed by atoms with Gasteiger partial charge in [-0.1, -0.05) is 55.9 Å². The van der Waals surface area contributed by atoms with Crippen LogP contribution in [0.5, 0.6) is 0 Å². The number of hydrogen-bond acceptors (Lipinski definition) is 3. The Morgan fingerprint density at radius 3 is 2.58 bits per heavy atom. The van der Waals surface area contributed by atoms with Gasteiger partial charge in [0.2, 0.25) is 0 Å². The third-order valence-corrected chi connectivity index (χ3v) is 10.5. The first-order chi connectivity index (χ1) is 17.4. The maximum Gasteiger partial charge on any atom is 0.137 e. The molecule has 1 aromatic carbocycles. The van der Waals surface area contributed by atoms with Crippen LogP contribution in [0.1, 0.15) is 102 Å². The highest BCUT2D eigenvalue weighted by molar-refractivity contribution is 5.84. The van der Waals surface area contributed by atoms with Gasteiger partial charge >= 0.3 is 0 Å². The van der Waals surface area contributed by atoms with Gasteiger partial charge in [0, 0.05) is 35.9 Å². The van der Waals surface area contributed by atoms with E-state index < -0.39 is 5.60 Å². The van der Waals surface area contributed by atoms with Crippen LogP contribution in [-0.4, -0.2) is 22.5 Å². The van der Waals surface area contributed by atoms with Crippen molar-refractivity contribution in [1.29, 1.82) is 0 Å². The number of nitrogens with one attached hydrogen (secondary N) is 1. The summed E-state index contributed by atoms with van der Waals surface area (Å²) in [6.07, 6.45) is 14.8. The van der Waals surface area contributed by atoms with Crippen molar-refractivity contribution < 1.29 is 9.90 Å². The van der Waals surface area contributed by atoms with Gasteiger partial charge in [0.25, 0.3) is 0 Å². The molecule has 0 amide bonds. The summed E-state index contributed by atoms with van der Waals surface area (Å²) < 4.78 is 0. The first-order valence-corrected chi connectivity index (χ1v) is 14.4. The van der Waals surface area contributed by atoms with Crippen molar-refractivity contribution in [2.24, 2.45) is 17.3 Å². The molecule has 0 saturated heterocycles. The van der Waals surface area contributed by atoms with Gasteiger partial charge in [-0.15, -0.1) is 5.92 Å². The number of Topliss-reactive ketones (excluding diaryl/α,β-unsaturated/α-hetero) is 1. The van der Waals surface area contributed by atoms with Crippen LogP contribution < -0.4 is 5.32 Å². The second-order valence-corrected chi connectivity index (χ2v) is 12.4. The Morgan fingerprint density at radius 1 is 1.06 bits per heavy atom. The molecule has 5 aliphatic rings. The molecule has 0 radical (unpaired) electrons. The van der Waals surface area contributed by atoms with E-state index >= 15 is 0 Å². The summed E-state index contributed by atoms with van der Waals surface area (Å²) >= 11 is 0. The first kappa shape index (κ1) is 24.1. The van der Waals surface area contributed by atoms with Crippen molar-refractivity contribution >= 4 is 11.5 Å². The maximum absolute atomic E-state index is 12.3. The van der Waals surface area contributed by atoms with Crippen LogP contribution in [0.4, 0.5) is 5.69 Å². The maximum atomic E-state index is 12.3. The fraction of sp³-hybridized carbons (Fsp3) is 0.606. The average molecular weight is 484 g/mol. The van der Waals surface area contributed by atoms with E-state index in [1.54, 1.807) is 5.57 Å². The summed E-state index contributed by atoms with van der Waals surface area (Å²) in [4.78, 5) is 12.3. The number of aliphatic hydroxyl groups is 1. The predicted octanol–water partition coefficient (Wildman–Crippen LogP) is 7.09. The number of hydrogen-bond donors (Lipinski definition) is 2. The smallest absolute Gasteiger partial charge is 0.137 e. The van der Waals surface area contributed by atoms with Crippen molar-refractivity contribution in [3.05, 3.63) is 52.6 Å². The molecule has 36 heavy (non-hydrogen) atoms. The van der Waals surface area contributed by atoms with Crippen LogP contribution >= 0.6 is 0 Å². The lowest BCUT2D eigenvalue weighted by Gasteiger charge is -2.53.